The summed E-state index contributed by atoms with van der Waals surface area (Å²) in [6.07, 6.45) is 4.45. The molecule has 0 spiro atoms. The van der Waals surface area contributed by atoms with Crippen LogP contribution in [0.5, 0.6) is 11.5 Å². The van der Waals surface area contributed by atoms with Crippen molar-refractivity contribution in [3.8, 4) is 11.5 Å². The van der Waals surface area contributed by atoms with E-state index in [1.165, 1.54) is 0 Å². The minimum Gasteiger partial charge on any atom is -0.497 e. The average Bonchev–Trinajstić information content (AvgIpc) is 2.79. The Kier molecular flexibility index (Phi) is 11.0. The number of hydrazine groups is 1. The molecule has 0 atom stereocenters. The summed E-state index contributed by atoms with van der Waals surface area (Å²) in [4.78, 5) is 24.8. The van der Waals surface area contributed by atoms with Crippen molar-refractivity contribution < 1.29 is 19.1 Å². The highest BCUT2D eigenvalue weighted by molar-refractivity contribution is 9.10. The van der Waals surface area contributed by atoms with Crippen LogP contribution in [0.2, 0.25) is 0 Å². The molecule has 0 fully saturated rings. The summed E-state index contributed by atoms with van der Waals surface area (Å²) in [5, 5.41) is 2.54. The first-order valence-corrected chi connectivity index (χ1v) is 11.6. The van der Waals surface area contributed by atoms with Crippen LogP contribution in [-0.2, 0) is 11.2 Å². The number of halogens is 1. The number of carbonyl (C=O) groups excluding carboxylic acids is 2. The van der Waals surface area contributed by atoms with Crippen molar-refractivity contribution in [2.75, 3.05) is 13.7 Å². The molecule has 0 saturated heterocycles. The summed E-state index contributed by atoms with van der Waals surface area (Å²) in [5.41, 5.74) is 6.19. The van der Waals surface area contributed by atoms with Crippen LogP contribution in [0.15, 0.2) is 46.9 Å². The van der Waals surface area contributed by atoms with E-state index in [1.807, 2.05) is 6.07 Å². The van der Waals surface area contributed by atoms with E-state index in [2.05, 4.69) is 39.0 Å². The maximum Gasteiger partial charge on any atom is 0.261 e. The van der Waals surface area contributed by atoms with E-state index in [0.717, 1.165) is 35.7 Å². The number of rotatable bonds is 10. The molecule has 0 unspecified atom stereocenters. The summed E-state index contributed by atoms with van der Waals surface area (Å²) in [7, 11) is 1.58. The molecule has 32 heavy (non-hydrogen) atoms. The summed E-state index contributed by atoms with van der Waals surface area (Å²) >= 11 is 8.51. The second-order valence-electron chi connectivity index (χ2n) is 7.03. The third kappa shape index (κ3) is 8.84. The Labute approximate surface area is 202 Å². The molecule has 0 aliphatic rings. The van der Waals surface area contributed by atoms with Crippen LogP contribution in [0.25, 0.3) is 0 Å². The van der Waals surface area contributed by atoms with Crippen LogP contribution in [-0.4, -0.2) is 30.6 Å². The van der Waals surface area contributed by atoms with Gasteiger partial charge in [0, 0.05) is 4.47 Å². The zero-order valence-electron chi connectivity index (χ0n) is 18.2. The summed E-state index contributed by atoms with van der Waals surface area (Å²) < 4.78 is 11.6. The SMILES string of the molecule is CCCCCCOc1ccc(Br)cc1C(=O)NC(=S)NNC(=O)Cc1ccc(OC)cc1. The highest BCUT2D eigenvalue weighted by Gasteiger charge is 2.15. The van der Waals surface area contributed by atoms with Crippen molar-refractivity contribution in [2.45, 2.75) is 39.0 Å². The third-order valence-corrected chi connectivity index (χ3v) is 5.21. The fourth-order valence-electron chi connectivity index (χ4n) is 2.82. The molecule has 0 radical (unpaired) electrons. The molecule has 0 aromatic heterocycles. The van der Waals surface area contributed by atoms with Crippen molar-refractivity contribution in [1.82, 2.24) is 16.2 Å². The van der Waals surface area contributed by atoms with E-state index < -0.39 is 5.91 Å². The lowest BCUT2D eigenvalue weighted by atomic mass is 10.1. The van der Waals surface area contributed by atoms with E-state index >= 15 is 0 Å². The number of amides is 2. The number of unbranched alkanes of at least 4 members (excludes halogenated alkanes) is 3. The van der Waals surface area contributed by atoms with Crippen LogP contribution in [0.3, 0.4) is 0 Å². The Morgan fingerprint density at radius 2 is 1.78 bits per heavy atom. The van der Waals surface area contributed by atoms with Crippen LogP contribution >= 0.6 is 28.1 Å². The van der Waals surface area contributed by atoms with Gasteiger partial charge in [-0.25, -0.2) is 0 Å². The van der Waals surface area contributed by atoms with Gasteiger partial charge in [0.25, 0.3) is 5.91 Å². The van der Waals surface area contributed by atoms with Gasteiger partial charge in [0.1, 0.15) is 11.5 Å². The lowest BCUT2D eigenvalue weighted by Gasteiger charge is -2.14. The minimum absolute atomic E-state index is 0.0213. The van der Waals surface area contributed by atoms with Gasteiger partial charge in [-0.2, -0.15) is 0 Å². The molecule has 3 N–H and O–H groups in total. The largest absolute Gasteiger partial charge is 0.497 e. The van der Waals surface area contributed by atoms with Crippen molar-refractivity contribution in [2.24, 2.45) is 0 Å². The quantitative estimate of drug-likeness (QED) is 0.245. The minimum atomic E-state index is -0.434. The molecule has 0 bridgehead atoms. The van der Waals surface area contributed by atoms with Gasteiger partial charge in [0.15, 0.2) is 5.11 Å². The fourth-order valence-corrected chi connectivity index (χ4v) is 3.32. The topological polar surface area (TPSA) is 88.7 Å². The van der Waals surface area contributed by atoms with Gasteiger partial charge in [0.2, 0.25) is 5.91 Å². The molecule has 2 amide bonds. The fraction of sp³-hybridized carbons (Fsp3) is 0.348. The van der Waals surface area contributed by atoms with Crippen LogP contribution in [0, 0.1) is 0 Å². The molecule has 2 aromatic carbocycles. The predicted octanol–water partition coefficient (Wildman–Crippen LogP) is 4.30. The van der Waals surface area contributed by atoms with Crippen LogP contribution in [0.4, 0.5) is 0 Å². The summed E-state index contributed by atoms with van der Waals surface area (Å²) in [5.74, 6) is 0.462. The smallest absolute Gasteiger partial charge is 0.261 e. The Hall–Kier alpha value is -2.65. The van der Waals surface area contributed by atoms with E-state index in [1.54, 1.807) is 43.5 Å². The summed E-state index contributed by atoms with van der Waals surface area (Å²) in [6.45, 7) is 2.68. The molecule has 7 nitrogen and oxygen atoms in total. The number of hydrogen-bond donors (Lipinski definition) is 3. The zero-order chi connectivity index (χ0) is 23.3. The Morgan fingerprint density at radius 3 is 2.47 bits per heavy atom. The van der Waals surface area contributed by atoms with Crippen molar-refractivity contribution in [3.63, 3.8) is 0 Å². The maximum absolute atomic E-state index is 12.7. The molecular formula is C23H28BrN3O4S. The number of carbonyl (C=O) groups is 2. The van der Waals surface area contributed by atoms with E-state index in [-0.39, 0.29) is 17.4 Å². The molecule has 0 aliphatic heterocycles. The monoisotopic (exact) mass is 521 g/mol. The Morgan fingerprint density at radius 1 is 1.03 bits per heavy atom. The molecule has 2 rings (SSSR count). The van der Waals surface area contributed by atoms with Gasteiger partial charge in [0.05, 0.1) is 25.7 Å². The van der Waals surface area contributed by atoms with Gasteiger partial charge >= 0.3 is 0 Å². The zero-order valence-corrected chi connectivity index (χ0v) is 20.6. The van der Waals surface area contributed by atoms with Gasteiger partial charge in [-0.05, 0) is 54.5 Å². The Balaban J connectivity index is 1.85. The number of ether oxygens (including phenoxy) is 2. The van der Waals surface area contributed by atoms with Gasteiger partial charge < -0.3 is 9.47 Å². The lowest BCUT2D eigenvalue weighted by Crippen LogP contribution is -2.48. The van der Waals surface area contributed by atoms with E-state index in [9.17, 15) is 9.59 Å². The molecule has 2 aromatic rings. The molecule has 0 aliphatic carbocycles. The highest BCUT2D eigenvalue weighted by atomic mass is 79.9. The van der Waals surface area contributed by atoms with Gasteiger partial charge in [-0.15, -0.1) is 0 Å². The normalized spacial score (nSPS) is 10.2. The van der Waals surface area contributed by atoms with E-state index in [4.69, 9.17) is 21.7 Å². The molecule has 172 valence electrons. The predicted molar refractivity (Wildman–Crippen MR) is 132 cm³/mol. The molecular weight excluding hydrogens is 494 g/mol. The lowest BCUT2D eigenvalue weighted by molar-refractivity contribution is -0.121. The molecule has 9 heteroatoms. The Bertz CT molecular complexity index is 922. The summed E-state index contributed by atoms with van der Waals surface area (Å²) in [6, 6.07) is 12.4. The standard InChI is InChI=1S/C23H28BrN3O4S/c1-3-4-5-6-13-31-20-12-9-17(24)15-19(20)22(29)25-23(32)27-26-21(28)14-16-7-10-18(30-2)11-8-16/h7-12,15H,3-6,13-14H2,1-2H3,(H,26,28)(H2,25,27,29,32). The first-order chi connectivity index (χ1) is 15.4. The third-order valence-electron chi connectivity index (χ3n) is 4.51. The first-order valence-electron chi connectivity index (χ1n) is 10.4. The number of thiocarbonyl (C=S) groups is 1. The average molecular weight is 522 g/mol. The number of hydrogen-bond acceptors (Lipinski definition) is 5. The number of benzene rings is 2. The second kappa shape index (κ2) is 13.7. The second-order valence-corrected chi connectivity index (χ2v) is 8.35. The van der Waals surface area contributed by atoms with Gasteiger partial charge in [-0.1, -0.05) is 54.2 Å². The van der Waals surface area contributed by atoms with Crippen molar-refractivity contribution >= 4 is 45.1 Å². The number of methoxy groups -OCH3 is 1. The highest BCUT2D eigenvalue weighted by Crippen LogP contribution is 2.23. The van der Waals surface area contributed by atoms with Crippen LogP contribution < -0.4 is 25.6 Å². The number of nitrogens with one attached hydrogen (secondary N) is 3. The van der Waals surface area contributed by atoms with Gasteiger partial charge in [-0.3, -0.25) is 25.8 Å². The van der Waals surface area contributed by atoms with E-state index in [0.29, 0.717) is 23.7 Å². The maximum atomic E-state index is 12.7. The molecule has 0 heterocycles. The van der Waals surface area contributed by atoms with Crippen molar-refractivity contribution in [3.05, 3.63) is 58.1 Å². The van der Waals surface area contributed by atoms with Crippen molar-refractivity contribution in [1.29, 1.82) is 0 Å². The first kappa shape index (κ1) is 25.6. The molecule has 0 saturated carbocycles. The van der Waals surface area contributed by atoms with Crippen LogP contribution in [0.1, 0.15) is 48.5 Å².